The fraction of sp³-hybridized carbons (Fsp3) is 0.600. The highest BCUT2D eigenvalue weighted by Crippen LogP contribution is 2.35. The molecule has 10 heteroatoms. The predicted molar refractivity (Wildman–Crippen MR) is 86.9 cm³/mol. The zero-order valence-corrected chi connectivity index (χ0v) is 14.6. The molecule has 0 aromatic heterocycles. The van der Waals surface area contributed by atoms with E-state index in [-0.39, 0.29) is 16.3 Å². The van der Waals surface area contributed by atoms with Crippen LogP contribution in [0, 0.1) is 10.1 Å². The molecule has 0 saturated carbocycles. The summed E-state index contributed by atoms with van der Waals surface area (Å²) in [5.41, 5.74) is -0.304. The maximum absolute atomic E-state index is 13.2. The average molecular weight is 372 g/mol. The summed E-state index contributed by atoms with van der Waals surface area (Å²) in [5.74, 6) is 0.0724. The third-order valence-electron chi connectivity index (χ3n) is 4.40. The van der Waals surface area contributed by atoms with Crippen molar-refractivity contribution in [3.63, 3.8) is 0 Å². The van der Waals surface area contributed by atoms with Crippen molar-refractivity contribution in [3.05, 3.63) is 28.3 Å². The quantitative estimate of drug-likeness (QED) is 0.569. The maximum atomic E-state index is 13.2. The third kappa shape index (κ3) is 3.47. The monoisotopic (exact) mass is 372 g/mol. The molecular weight excluding hydrogens is 352 g/mol. The number of nitro benzene ring substituents is 1. The summed E-state index contributed by atoms with van der Waals surface area (Å²) in [6.45, 7) is 1.16. The highest BCUT2D eigenvalue weighted by Gasteiger charge is 2.41. The standard InChI is InChI=1S/C15H20N2O7S/c1-22-13-6-5-11(17(18)19)10-14(13)25(20,21)16-7-3-2-4-12(16)15-23-8-9-24-15/h5-6,10,12,15H,2-4,7-9H2,1H3/t12-/m0/s1. The van der Waals surface area contributed by atoms with Gasteiger partial charge in [0.05, 0.1) is 31.3 Å². The lowest BCUT2D eigenvalue weighted by Crippen LogP contribution is -2.50. The number of rotatable bonds is 5. The van der Waals surface area contributed by atoms with E-state index in [0.717, 1.165) is 12.5 Å². The molecule has 0 amide bonds. The highest BCUT2D eigenvalue weighted by molar-refractivity contribution is 7.89. The fourth-order valence-corrected chi connectivity index (χ4v) is 5.07. The third-order valence-corrected chi connectivity index (χ3v) is 6.35. The van der Waals surface area contributed by atoms with Crippen molar-refractivity contribution in [2.24, 2.45) is 0 Å². The molecule has 2 aliphatic rings. The van der Waals surface area contributed by atoms with Gasteiger partial charge in [-0.3, -0.25) is 10.1 Å². The molecule has 0 bridgehead atoms. The van der Waals surface area contributed by atoms with Crippen molar-refractivity contribution in [1.82, 2.24) is 4.31 Å². The Labute approximate surface area is 145 Å². The normalized spacial score (nSPS) is 22.8. The van der Waals surface area contributed by atoms with Gasteiger partial charge in [-0.2, -0.15) is 4.31 Å². The van der Waals surface area contributed by atoms with Gasteiger partial charge in [0.15, 0.2) is 6.29 Å². The van der Waals surface area contributed by atoms with Gasteiger partial charge in [-0.1, -0.05) is 6.42 Å². The largest absolute Gasteiger partial charge is 0.495 e. The van der Waals surface area contributed by atoms with Gasteiger partial charge in [-0.05, 0) is 18.9 Å². The molecule has 9 nitrogen and oxygen atoms in total. The molecule has 0 radical (unpaired) electrons. The zero-order chi connectivity index (χ0) is 18.0. The first-order valence-corrected chi connectivity index (χ1v) is 9.46. The van der Waals surface area contributed by atoms with E-state index < -0.39 is 27.3 Å². The van der Waals surface area contributed by atoms with Crippen LogP contribution in [0.15, 0.2) is 23.1 Å². The van der Waals surface area contributed by atoms with Gasteiger partial charge in [0.2, 0.25) is 10.0 Å². The molecule has 0 spiro atoms. The first-order valence-electron chi connectivity index (χ1n) is 8.02. The molecule has 1 aromatic rings. The molecule has 1 aromatic carbocycles. The molecule has 0 unspecified atom stereocenters. The number of sulfonamides is 1. The van der Waals surface area contributed by atoms with Crippen LogP contribution in [-0.2, 0) is 19.5 Å². The van der Waals surface area contributed by atoms with Crippen LogP contribution in [0.5, 0.6) is 5.75 Å². The van der Waals surface area contributed by atoms with Crippen molar-refractivity contribution in [3.8, 4) is 5.75 Å². The molecule has 138 valence electrons. The Bertz CT molecular complexity index is 746. The lowest BCUT2D eigenvalue weighted by molar-refractivity contribution is -0.385. The Morgan fingerprint density at radius 1 is 1.28 bits per heavy atom. The summed E-state index contributed by atoms with van der Waals surface area (Å²) in [6.07, 6.45) is 1.58. The smallest absolute Gasteiger partial charge is 0.271 e. The minimum absolute atomic E-state index is 0.0724. The Balaban J connectivity index is 2.01. The van der Waals surface area contributed by atoms with Gasteiger partial charge in [-0.25, -0.2) is 8.42 Å². The summed E-state index contributed by atoms with van der Waals surface area (Å²) in [4.78, 5) is 10.2. The van der Waals surface area contributed by atoms with Crippen molar-refractivity contribution >= 4 is 15.7 Å². The van der Waals surface area contributed by atoms with Crippen LogP contribution in [0.3, 0.4) is 0 Å². The average Bonchev–Trinajstić information content (AvgIpc) is 3.15. The zero-order valence-electron chi connectivity index (χ0n) is 13.8. The first kappa shape index (κ1) is 18.1. The van der Waals surface area contributed by atoms with Crippen LogP contribution < -0.4 is 4.74 Å². The fourth-order valence-electron chi connectivity index (χ4n) is 3.21. The molecule has 3 rings (SSSR count). The van der Waals surface area contributed by atoms with Crippen molar-refractivity contribution in [1.29, 1.82) is 0 Å². The molecule has 1 atom stereocenters. The van der Waals surface area contributed by atoms with Crippen LogP contribution in [0.2, 0.25) is 0 Å². The Hall–Kier alpha value is -1.75. The van der Waals surface area contributed by atoms with E-state index in [4.69, 9.17) is 14.2 Å². The summed E-state index contributed by atoms with van der Waals surface area (Å²) in [5, 5.41) is 11.0. The summed E-state index contributed by atoms with van der Waals surface area (Å²) >= 11 is 0. The number of hydrogen-bond donors (Lipinski definition) is 0. The van der Waals surface area contributed by atoms with Gasteiger partial charge in [0.1, 0.15) is 10.6 Å². The number of piperidine rings is 1. The molecule has 2 aliphatic heterocycles. The van der Waals surface area contributed by atoms with Crippen LogP contribution in [-0.4, -0.2) is 56.8 Å². The van der Waals surface area contributed by atoms with Crippen LogP contribution in [0.1, 0.15) is 19.3 Å². The Kier molecular flexibility index (Phi) is 5.23. The molecule has 25 heavy (non-hydrogen) atoms. The predicted octanol–water partition coefficient (Wildman–Crippen LogP) is 1.52. The molecule has 2 fully saturated rings. The summed E-state index contributed by atoms with van der Waals surface area (Å²) < 4.78 is 43.9. The van der Waals surface area contributed by atoms with E-state index in [1.165, 1.54) is 23.5 Å². The van der Waals surface area contributed by atoms with Crippen molar-refractivity contribution < 1.29 is 27.6 Å². The van der Waals surface area contributed by atoms with Gasteiger partial charge in [0.25, 0.3) is 5.69 Å². The van der Waals surface area contributed by atoms with Gasteiger partial charge >= 0.3 is 0 Å². The number of methoxy groups -OCH3 is 1. The summed E-state index contributed by atoms with van der Waals surface area (Å²) in [7, 11) is -2.67. The number of hydrogen-bond acceptors (Lipinski definition) is 7. The van der Waals surface area contributed by atoms with E-state index in [1.54, 1.807) is 0 Å². The van der Waals surface area contributed by atoms with Crippen LogP contribution in [0.25, 0.3) is 0 Å². The Morgan fingerprint density at radius 2 is 2.00 bits per heavy atom. The summed E-state index contributed by atoms with van der Waals surface area (Å²) in [6, 6.07) is 3.10. The van der Waals surface area contributed by atoms with Gasteiger partial charge < -0.3 is 14.2 Å². The van der Waals surface area contributed by atoms with Gasteiger partial charge in [-0.15, -0.1) is 0 Å². The second-order valence-electron chi connectivity index (χ2n) is 5.88. The number of benzene rings is 1. The molecule has 0 N–H and O–H groups in total. The van der Waals surface area contributed by atoms with Crippen molar-refractivity contribution in [2.45, 2.75) is 36.5 Å². The first-order chi connectivity index (χ1) is 11.9. The van der Waals surface area contributed by atoms with E-state index in [0.29, 0.717) is 32.6 Å². The molecular formula is C15H20N2O7S. The van der Waals surface area contributed by atoms with E-state index in [2.05, 4.69) is 0 Å². The Morgan fingerprint density at radius 3 is 2.64 bits per heavy atom. The molecule has 2 saturated heterocycles. The second-order valence-corrected chi connectivity index (χ2v) is 7.74. The van der Waals surface area contributed by atoms with E-state index in [9.17, 15) is 18.5 Å². The molecule has 0 aliphatic carbocycles. The number of ether oxygens (including phenoxy) is 3. The van der Waals surface area contributed by atoms with Crippen LogP contribution in [0.4, 0.5) is 5.69 Å². The number of nitrogens with zero attached hydrogens (tertiary/aromatic N) is 2. The lowest BCUT2D eigenvalue weighted by Gasteiger charge is -2.37. The molecule has 2 heterocycles. The van der Waals surface area contributed by atoms with E-state index >= 15 is 0 Å². The van der Waals surface area contributed by atoms with Crippen LogP contribution >= 0.6 is 0 Å². The highest BCUT2D eigenvalue weighted by atomic mass is 32.2. The minimum atomic E-state index is -4.00. The topological polar surface area (TPSA) is 108 Å². The second kappa shape index (κ2) is 7.24. The minimum Gasteiger partial charge on any atom is -0.495 e. The van der Waals surface area contributed by atoms with E-state index in [1.807, 2.05) is 0 Å². The maximum Gasteiger partial charge on any atom is 0.271 e. The van der Waals surface area contributed by atoms with Gasteiger partial charge in [0, 0.05) is 18.7 Å². The SMILES string of the molecule is COc1ccc([N+](=O)[O-])cc1S(=O)(=O)N1CCCC[C@H]1C1OCCO1. The lowest BCUT2D eigenvalue weighted by atomic mass is 10.0. The van der Waals surface area contributed by atoms with Crippen molar-refractivity contribution in [2.75, 3.05) is 26.9 Å². The number of nitro groups is 1. The number of non-ortho nitro benzene ring substituents is 1.